The van der Waals surface area contributed by atoms with Crippen LogP contribution in [0.2, 0.25) is 0 Å². The number of hydrogen-bond acceptors (Lipinski definition) is 6. The number of hydrogen-bond donors (Lipinski definition) is 0. The number of aromatic nitrogens is 2. The smallest absolute Gasteiger partial charge is 0.208 e. The Labute approximate surface area is 166 Å². The molecule has 1 aromatic carbocycles. The fourth-order valence-corrected chi connectivity index (χ4v) is 5.15. The molecular weight excluding hydrogens is 356 g/mol. The molecular formula is C21H30N4OS. The van der Waals surface area contributed by atoms with Gasteiger partial charge >= 0.3 is 0 Å². The molecule has 2 saturated heterocycles. The van der Waals surface area contributed by atoms with Gasteiger partial charge < -0.3 is 9.64 Å². The molecule has 3 heterocycles. The van der Waals surface area contributed by atoms with E-state index in [9.17, 15) is 0 Å². The Morgan fingerprint density at radius 3 is 2.37 bits per heavy atom. The second kappa shape index (κ2) is 8.15. The summed E-state index contributed by atoms with van der Waals surface area (Å²) in [6.07, 6.45) is 6.55. The Kier molecular flexibility index (Phi) is 5.64. The zero-order valence-electron chi connectivity index (χ0n) is 16.5. The first-order valence-corrected chi connectivity index (χ1v) is 11.1. The van der Waals surface area contributed by atoms with Crippen molar-refractivity contribution in [3.8, 4) is 16.3 Å². The van der Waals surface area contributed by atoms with Gasteiger partial charge in [0.1, 0.15) is 10.8 Å². The highest BCUT2D eigenvalue weighted by molar-refractivity contribution is 7.18. The Bertz CT molecular complexity index is 731. The Balaban J connectivity index is 1.39. The van der Waals surface area contributed by atoms with Crippen molar-refractivity contribution in [1.29, 1.82) is 0 Å². The van der Waals surface area contributed by atoms with Gasteiger partial charge in [0.25, 0.3) is 0 Å². The van der Waals surface area contributed by atoms with Crippen molar-refractivity contribution in [3.05, 3.63) is 24.3 Å². The normalized spacial score (nSPS) is 20.6. The van der Waals surface area contributed by atoms with Gasteiger partial charge in [-0.15, -0.1) is 10.2 Å². The van der Waals surface area contributed by atoms with Gasteiger partial charge in [0.15, 0.2) is 0 Å². The molecule has 1 aromatic heterocycles. The molecule has 2 aromatic rings. The number of ether oxygens (including phenoxy) is 1. The Morgan fingerprint density at radius 1 is 1.00 bits per heavy atom. The predicted molar refractivity (Wildman–Crippen MR) is 112 cm³/mol. The quantitative estimate of drug-likeness (QED) is 0.759. The molecule has 0 N–H and O–H groups in total. The van der Waals surface area contributed by atoms with Crippen LogP contribution >= 0.6 is 11.3 Å². The van der Waals surface area contributed by atoms with E-state index in [1.807, 2.05) is 19.1 Å². The number of piperidine rings is 2. The Morgan fingerprint density at radius 2 is 1.70 bits per heavy atom. The van der Waals surface area contributed by atoms with Crippen LogP contribution < -0.4 is 9.64 Å². The SMILES string of the molecule is CCOc1ccc(-c2nnc(N3CCC(C)(N4CCCCC4)CC3)s2)cc1. The van der Waals surface area contributed by atoms with Crippen LogP contribution in [-0.2, 0) is 0 Å². The van der Waals surface area contributed by atoms with E-state index in [0.29, 0.717) is 12.1 Å². The largest absolute Gasteiger partial charge is 0.494 e. The first-order valence-electron chi connectivity index (χ1n) is 10.2. The molecule has 146 valence electrons. The van der Waals surface area contributed by atoms with Crippen molar-refractivity contribution in [3.63, 3.8) is 0 Å². The van der Waals surface area contributed by atoms with Gasteiger partial charge in [0.05, 0.1) is 6.61 Å². The van der Waals surface area contributed by atoms with Crippen LogP contribution in [0.25, 0.3) is 10.6 Å². The van der Waals surface area contributed by atoms with Crippen LogP contribution in [0.5, 0.6) is 5.75 Å². The summed E-state index contributed by atoms with van der Waals surface area (Å²) in [4.78, 5) is 5.15. The molecule has 0 bridgehead atoms. The first-order chi connectivity index (χ1) is 13.2. The number of nitrogens with zero attached hydrogens (tertiary/aromatic N) is 4. The molecule has 6 heteroatoms. The maximum atomic E-state index is 5.52. The third-order valence-corrected chi connectivity index (χ3v) is 7.09. The average molecular weight is 387 g/mol. The second-order valence-electron chi connectivity index (χ2n) is 7.88. The fourth-order valence-electron chi connectivity index (χ4n) is 4.25. The van der Waals surface area contributed by atoms with E-state index in [4.69, 9.17) is 4.74 Å². The van der Waals surface area contributed by atoms with Gasteiger partial charge in [-0.2, -0.15) is 0 Å². The lowest BCUT2D eigenvalue weighted by atomic mass is 9.86. The van der Waals surface area contributed by atoms with E-state index >= 15 is 0 Å². The highest BCUT2D eigenvalue weighted by atomic mass is 32.1. The van der Waals surface area contributed by atoms with E-state index < -0.39 is 0 Å². The lowest BCUT2D eigenvalue weighted by molar-refractivity contribution is 0.0593. The van der Waals surface area contributed by atoms with Crippen molar-refractivity contribution in [1.82, 2.24) is 15.1 Å². The molecule has 2 aliphatic heterocycles. The van der Waals surface area contributed by atoms with Crippen molar-refractivity contribution in [2.75, 3.05) is 37.7 Å². The highest BCUT2D eigenvalue weighted by Crippen LogP contribution is 2.35. The molecule has 0 atom stereocenters. The number of likely N-dealkylation sites (tertiary alicyclic amines) is 1. The highest BCUT2D eigenvalue weighted by Gasteiger charge is 2.36. The third kappa shape index (κ3) is 4.11. The van der Waals surface area contributed by atoms with Crippen molar-refractivity contribution in [2.24, 2.45) is 0 Å². The van der Waals surface area contributed by atoms with E-state index in [2.05, 4.69) is 39.1 Å². The van der Waals surface area contributed by atoms with Gasteiger partial charge in [0.2, 0.25) is 5.13 Å². The van der Waals surface area contributed by atoms with Crippen LogP contribution in [0, 0.1) is 0 Å². The van der Waals surface area contributed by atoms with E-state index in [-0.39, 0.29) is 0 Å². The van der Waals surface area contributed by atoms with Crippen molar-refractivity contribution < 1.29 is 4.74 Å². The standard InChI is InChI=1S/C21H30N4OS/c1-3-26-18-9-7-17(8-10-18)19-22-23-20(27-19)24-15-11-21(2,12-16-24)25-13-5-4-6-14-25/h7-10H,3-6,11-16H2,1-2H3. The zero-order chi connectivity index (χ0) is 18.7. The molecule has 0 amide bonds. The lowest BCUT2D eigenvalue weighted by Gasteiger charge is -2.48. The van der Waals surface area contributed by atoms with E-state index in [0.717, 1.165) is 34.5 Å². The van der Waals surface area contributed by atoms with Crippen LogP contribution in [-0.4, -0.2) is 53.4 Å². The van der Waals surface area contributed by atoms with Crippen molar-refractivity contribution >= 4 is 16.5 Å². The summed E-state index contributed by atoms with van der Waals surface area (Å²) in [5.74, 6) is 0.902. The van der Waals surface area contributed by atoms with Crippen LogP contribution in [0.1, 0.15) is 46.0 Å². The molecule has 0 saturated carbocycles. The predicted octanol–water partition coefficient (Wildman–Crippen LogP) is 4.45. The third-order valence-electron chi connectivity index (χ3n) is 6.06. The minimum atomic E-state index is 0.361. The lowest BCUT2D eigenvalue weighted by Crippen LogP contribution is -2.55. The second-order valence-corrected chi connectivity index (χ2v) is 8.83. The summed E-state index contributed by atoms with van der Waals surface area (Å²) in [5.41, 5.74) is 1.47. The maximum Gasteiger partial charge on any atom is 0.208 e. The summed E-state index contributed by atoms with van der Waals surface area (Å²) < 4.78 is 5.52. The topological polar surface area (TPSA) is 41.5 Å². The van der Waals surface area contributed by atoms with Gasteiger partial charge in [-0.1, -0.05) is 17.8 Å². The molecule has 4 rings (SSSR count). The Hall–Kier alpha value is -1.66. The summed E-state index contributed by atoms with van der Waals surface area (Å²) in [6, 6.07) is 8.15. The summed E-state index contributed by atoms with van der Waals surface area (Å²) in [7, 11) is 0. The van der Waals surface area contributed by atoms with E-state index in [1.165, 1.54) is 45.2 Å². The fraction of sp³-hybridized carbons (Fsp3) is 0.619. The molecule has 0 aliphatic carbocycles. The monoisotopic (exact) mass is 386 g/mol. The molecule has 0 radical (unpaired) electrons. The van der Waals surface area contributed by atoms with Crippen LogP contribution in [0.4, 0.5) is 5.13 Å². The van der Waals surface area contributed by atoms with Crippen molar-refractivity contribution in [2.45, 2.75) is 51.5 Å². The summed E-state index contributed by atoms with van der Waals surface area (Å²) >= 11 is 1.70. The number of anilines is 1. The van der Waals surface area contributed by atoms with Crippen LogP contribution in [0.15, 0.2) is 24.3 Å². The van der Waals surface area contributed by atoms with E-state index in [1.54, 1.807) is 11.3 Å². The molecule has 0 unspecified atom stereocenters. The number of benzene rings is 1. The zero-order valence-corrected chi connectivity index (χ0v) is 17.3. The number of rotatable bonds is 5. The van der Waals surface area contributed by atoms with Gasteiger partial charge in [-0.25, -0.2) is 0 Å². The van der Waals surface area contributed by atoms with Gasteiger partial charge in [-0.3, -0.25) is 4.90 Å². The first kappa shape index (κ1) is 18.7. The molecule has 5 nitrogen and oxygen atoms in total. The minimum Gasteiger partial charge on any atom is -0.494 e. The summed E-state index contributed by atoms with van der Waals surface area (Å²) in [6.45, 7) is 9.85. The average Bonchev–Trinajstić information content (AvgIpc) is 3.20. The molecule has 0 spiro atoms. The van der Waals surface area contributed by atoms with Gasteiger partial charge in [-0.05, 0) is 76.9 Å². The molecule has 2 fully saturated rings. The minimum absolute atomic E-state index is 0.361. The molecule has 27 heavy (non-hydrogen) atoms. The molecule has 2 aliphatic rings. The van der Waals surface area contributed by atoms with Gasteiger partial charge in [0, 0.05) is 24.2 Å². The summed E-state index contributed by atoms with van der Waals surface area (Å²) in [5, 5.41) is 11.0. The van der Waals surface area contributed by atoms with Crippen LogP contribution in [0.3, 0.4) is 0 Å². The maximum absolute atomic E-state index is 5.52.